The Balaban J connectivity index is 1.98. The van der Waals surface area contributed by atoms with E-state index in [1.165, 1.54) is 6.07 Å². The number of phenolic OH excluding ortho intramolecular Hbond substituents is 1. The summed E-state index contributed by atoms with van der Waals surface area (Å²) in [5.41, 5.74) is 2.52. The summed E-state index contributed by atoms with van der Waals surface area (Å²) in [6.07, 6.45) is 5.14. The molecule has 2 aromatic rings. The van der Waals surface area contributed by atoms with Crippen LogP contribution in [0.1, 0.15) is 74.9 Å². The van der Waals surface area contributed by atoms with Gasteiger partial charge in [0.15, 0.2) is 0 Å². The van der Waals surface area contributed by atoms with Crippen LogP contribution < -0.4 is 0 Å². The molecule has 6 heteroatoms. The second-order valence-electron chi connectivity index (χ2n) is 10.1. The summed E-state index contributed by atoms with van der Waals surface area (Å²) >= 11 is 6.16. The summed E-state index contributed by atoms with van der Waals surface area (Å²) in [6, 6.07) is 12.2. The molecule has 1 saturated carbocycles. The van der Waals surface area contributed by atoms with E-state index in [1.807, 2.05) is 19.1 Å². The first-order valence-electron chi connectivity index (χ1n) is 11.4. The Labute approximate surface area is 201 Å². The lowest BCUT2D eigenvalue weighted by molar-refractivity contribution is -0.126. The maximum atomic E-state index is 12.4. The van der Waals surface area contributed by atoms with Gasteiger partial charge < -0.3 is 10.0 Å². The van der Waals surface area contributed by atoms with Crippen LogP contribution in [0.3, 0.4) is 0 Å². The van der Waals surface area contributed by atoms with Crippen molar-refractivity contribution in [3.05, 3.63) is 64.2 Å². The quantitative estimate of drug-likeness (QED) is 0.385. The smallest absolute Gasteiger partial charge is 0.211 e. The maximum Gasteiger partial charge on any atom is 0.211 e. The normalized spacial score (nSPS) is 21.5. The van der Waals surface area contributed by atoms with E-state index in [4.69, 9.17) is 16.6 Å². The lowest BCUT2D eigenvalue weighted by Gasteiger charge is -2.46. The van der Waals surface area contributed by atoms with Crippen molar-refractivity contribution in [3.63, 3.8) is 0 Å². The number of aromatic hydroxyl groups is 1. The van der Waals surface area contributed by atoms with Crippen molar-refractivity contribution in [2.24, 2.45) is 16.3 Å². The number of nitrogens with zero attached hydrogens (tertiary/aromatic N) is 2. The number of phenols is 1. The molecule has 2 aromatic carbocycles. The van der Waals surface area contributed by atoms with E-state index in [-0.39, 0.29) is 11.2 Å². The predicted molar refractivity (Wildman–Crippen MR) is 133 cm³/mol. The van der Waals surface area contributed by atoms with Crippen LogP contribution in [0.5, 0.6) is 5.75 Å². The highest BCUT2D eigenvalue weighted by molar-refractivity contribution is 6.31. The molecule has 1 amide bonds. The van der Waals surface area contributed by atoms with Crippen molar-refractivity contribution in [2.75, 3.05) is 0 Å². The minimum Gasteiger partial charge on any atom is -0.508 e. The lowest BCUT2D eigenvalue weighted by Crippen LogP contribution is -2.50. The summed E-state index contributed by atoms with van der Waals surface area (Å²) in [5, 5.41) is 10.4. The van der Waals surface area contributed by atoms with E-state index in [0.717, 1.165) is 55.2 Å². The fourth-order valence-electron chi connectivity index (χ4n) is 4.75. The summed E-state index contributed by atoms with van der Waals surface area (Å²) in [7, 11) is 0. The van der Waals surface area contributed by atoms with Gasteiger partial charge in [0.1, 0.15) is 17.7 Å². The highest BCUT2D eigenvalue weighted by Crippen LogP contribution is 2.44. The van der Waals surface area contributed by atoms with Gasteiger partial charge in [-0.1, -0.05) is 56.6 Å². The van der Waals surface area contributed by atoms with E-state index in [1.54, 1.807) is 29.2 Å². The zero-order valence-electron chi connectivity index (χ0n) is 19.8. The molecule has 3 rings (SSSR count). The van der Waals surface area contributed by atoms with Crippen LogP contribution in [0.15, 0.2) is 47.5 Å². The number of carbonyl (C=O) groups is 2. The molecule has 0 saturated heterocycles. The number of aliphatic imine (C=N–C) groups is 1. The Morgan fingerprint density at radius 1 is 1.15 bits per heavy atom. The third kappa shape index (κ3) is 6.02. The average molecular weight is 469 g/mol. The first kappa shape index (κ1) is 25.0. The second-order valence-corrected chi connectivity index (χ2v) is 10.5. The summed E-state index contributed by atoms with van der Waals surface area (Å²) < 4.78 is 0. The summed E-state index contributed by atoms with van der Waals surface area (Å²) in [5.74, 6) is 0.636. The van der Waals surface area contributed by atoms with Gasteiger partial charge in [-0.25, -0.2) is 0 Å². The highest BCUT2D eigenvalue weighted by Gasteiger charge is 2.42. The van der Waals surface area contributed by atoms with Crippen molar-refractivity contribution in [1.29, 1.82) is 0 Å². The fraction of sp³-hybridized carbons (Fsp3) is 0.444. The standard InChI is InChI=1S/C27H33ClN2O3/c1-19(22-13-24(28)15-25(33)14-22)29-27(11-9-23(10-12-27)26(2,3)4)30(18-32)16-20-5-7-21(17-31)8-6-20/h5-8,13-15,17-18,23,33H,9-12,16H2,1-4H3/b29-19+. The number of aldehydes is 1. The molecule has 0 heterocycles. The van der Waals surface area contributed by atoms with E-state index in [9.17, 15) is 14.7 Å². The molecule has 0 radical (unpaired) electrons. The van der Waals surface area contributed by atoms with Crippen molar-refractivity contribution < 1.29 is 14.7 Å². The molecule has 1 N–H and O–H groups in total. The molecule has 1 fully saturated rings. The number of rotatable bonds is 7. The zero-order chi connectivity index (χ0) is 24.2. The van der Waals surface area contributed by atoms with Gasteiger partial charge in [0.05, 0.1) is 0 Å². The average Bonchev–Trinajstić information content (AvgIpc) is 2.76. The van der Waals surface area contributed by atoms with E-state index >= 15 is 0 Å². The molecule has 176 valence electrons. The fourth-order valence-corrected chi connectivity index (χ4v) is 4.98. The number of halogens is 1. The van der Waals surface area contributed by atoms with Crippen molar-refractivity contribution in [3.8, 4) is 5.75 Å². The van der Waals surface area contributed by atoms with Crippen molar-refractivity contribution in [2.45, 2.75) is 65.6 Å². The third-order valence-corrected chi connectivity index (χ3v) is 7.04. The largest absolute Gasteiger partial charge is 0.508 e. The summed E-state index contributed by atoms with van der Waals surface area (Å²) in [6.45, 7) is 9.09. The van der Waals surface area contributed by atoms with Gasteiger partial charge in [0.2, 0.25) is 6.41 Å². The Morgan fingerprint density at radius 2 is 1.79 bits per heavy atom. The number of carbonyl (C=O) groups excluding carboxylic acids is 2. The lowest BCUT2D eigenvalue weighted by atomic mass is 9.69. The Kier molecular flexibility index (Phi) is 7.63. The molecular weight excluding hydrogens is 436 g/mol. The van der Waals surface area contributed by atoms with Crippen molar-refractivity contribution >= 4 is 30.0 Å². The third-order valence-electron chi connectivity index (χ3n) is 6.82. The molecule has 33 heavy (non-hydrogen) atoms. The molecule has 0 atom stereocenters. The number of hydrogen-bond acceptors (Lipinski definition) is 4. The van der Waals surface area contributed by atoms with Gasteiger partial charge >= 0.3 is 0 Å². The van der Waals surface area contributed by atoms with Crippen LogP contribution in [0.25, 0.3) is 0 Å². The molecule has 0 unspecified atom stereocenters. The zero-order valence-corrected chi connectivity index (χ0v) is 20.6. The summed E-state index contributed by atoms with van der Waals surface area (Å²) in [4.78, 5) is 30.3. The van der Waals surface area contributed by atoms with Crippen LogP contribution in [-0.4, -0.2) is 34.1 Å². The highest BCUT2D eigenvalue weighted by atomic mass is 35.5. The van der Waals surface area contributed by atoms with E-state index in [0.29, 0.717) is 23.0 Å². The van der Waals surface area contributed by atoms with E-state index in [2.05, 4.69) is 20.8 Å². The molecule has 1 aliphatic rings. The molecule has 0 bridgehead atoms. The van der Waals surface area contributed by atoms with Gasteiger partial charge in [0.25, 0.3) is 0 Å². The van der Waals surface area contributed by atoms with Gasteiger partial charge in [-0.2, -0.15) is 0 Å². The minimum atomic E-state index is -0.686. The predicted octanol–water partition coefficient (Wildman–Crippen LogP) is 6.26. The van der Waals surface area contributed by atoms with Crippen LogP contribution in [-0.2, 0) is 11.3 Å². The van der Waals surface area contributed by atoms with Crippen LogP contribution >= 0.6 is 11.6 Å². The van der Waals surface area contributed by atoms with Crippen LogP contribution in [0.4, 0.5) is 0 Å². The monoisotopic (exact) mass is 468 g/mol. The van der Waals surface area contributed by atoms with Gasteiger partial charge in [-0.15, -0.1) is 0 Å². The number of amides is 1. The first-order valence-corrected chi connectivity index (χ1v) is 11.8. The Bertz CT molecular complexity index is 996. The van der Waals surface area contributed by atoms with Crippen molar-refractivity contribution in [1.82, 2.24) is 4.90 Å². The van der Waals surface area contributed by atoms with Gasteiger partial charge in [-0.05, 0) is 67.7 Å². The molecule has 0 aromatic heterocycles. The molecule has 5 nitrogen and oxygen atoms in total. The maximum absolute atomic E-state index is 12.4. The Hall–Kier alpha value is -2.66. The number of benzene rings is 2. The van der Waals surface area contributed by atoms with Gasteiger partial charge in [-0.3, -0.25) is 14.6 Å². The van der Waals surface area contributed by atoms with Crippen LogP contribution in [0.2, 0.25) is 5.02 Å². The topological polar surface area (TPSA) is 70.0 Å². The number of hydrogen-bond donors (Lipinski definition) is 1. The van der Waals surface area contributed by atoms with Crippen LogP contribution in [0, 0.1) is 11.3 Å². The second kappa shape index (κ2) is 10.1. The minimum absolute atomic E-state index is 0.0834. The molecule has 0 spiro atoms. The van der Waals surface area contributed by atoms with E-state index < -0.39 is 5.66 Å². The Morgan fingerprint density at radius 3 is 2.30 bits per heavy atom. The van der Waals surface area contributed by atoms with Gasteiger partial charge in [0, 0.05) is 28.4 Å². The molecular formula is C27H33ClN2O3. The first-order chi connectivity index (χ1) is 15.6. The SMILES string of the molecule is C/C(=N\C1(N(C=O)Cc2ccc(C=O)cc2)CCC(C(C)(C)C)CC1)c1cc(O)cc(Cl)c1. The molecule has 1 aliphatic carbocycles. The molecule has 0 aliphatic heterocycles.